The fraction of sp³-hybridized carbons (Fsp3) is 0.0667. The molecule has 0 aliphatic rings. The SMILES string of the molecule is C=Cc1ccc(OCc2ccccc2)c(N)c1. The Morgan fingerprint density at radius 2 is 1.88 bits per heavy atom. The second kappa shape index (κ2) is 5.21. The van der Waals surface area contributed by atoms with Crippen LogP contribution in [0.15, 0.2) is 55.1 Å². The second-order valence-corrected chi connectivity index (χ2v) is 3.78. The third-order valence-electron chi connectivity index (χ3n) is 2.51. The van der Waals surface area contributed by atoms with Gasteiger partial charge >= 0.3 is 0 Å². The summed E-state index contributed by atoms with van der Waals surface area (Å²) in [4.78, 5) is 0. The van der Waals surface area contributed by atoms with Crippen LogP contribution in [0, 0.1) is 0 Å². The van der Waals surface area contributed by atoms with Gasteiger partial charge in [0.15, 0.2) is 0 Å². The molecule has 2 N–H and O–H groups in total. The highest BCUT2D eigenvalue weighted by Gasteiger charge is 2.01. The fourth-order valence-electron chi connectivity index (χ4n) is 1.56. The van der Waals surface area contributed by atoms with Crippen LogP contribution in [0.3, 0.4) is 0 Å². The minimum atomic E-state index is 0.526. The summed E-state index contributed by atoms with van der Waals surface area (Å²) in [5.41, 5.74) is 8.65. The van der Waals surface area contributed by atoms with E-state index in [1.807, 2.05) is 48.5 Å². The molecule has 0 heterocycles. The van der Waals surface area contributed by atoms with Crippen LogP contribution in [-0.2, 0) is 6.61 Å². The van der Waals surface area contributed by atoms with Crippen molar-refractivity contribution in [2.45, 2.75) is 6.61 Å². The Morgan fingerprint density at radius 1 is 1.12 bits per heavy atom. The third-order valence-corrected chi connectivity index (χ3v) is 2.51. The molecule has 0 amide bonds. The van der Waals surface area contributed by atoms with Gasteiger partial charge in [0.2, 0.25) is 0 Å². The number of nitrogens with two attached hydrogens (primary N) is 1. The van der Waals surface area contributed by atoms with Crippen molar-refractivity contribution in [2.75, 3.05) is 5.73 Å². The molecule has 0 fully saturated rings. The average Bonchev–Trinajstić information content (AvgIpc) is 2.38. The van der Waals surface area contributed by atoms with Crippen molar-refractivity contribution in [1.82, 2.24) is 0 Å². The lowest BCUT2D eigenvalue weighted by atomic mass is 10.2. The van der Waals surface area contributed by atoms with Crippen molar-refractivity contribution in [3.8, 4) is 5.75 Å². The van der Waals surface area contributed by atoms with Gasteiger partial charge in [0.05, 0.1) is 5.69 Å². The summed E-state index contributed by atoms with van der Waals surface area (Å²) in [5, 5.41) is 0. The van der Waals surface area contributed by atoms with E-state index in [0.29, 0.717) is 18.0 Å². The zero-order valence-corrected chi connectivity index (χ0v) is 9.60. The fourth-order valence-corrected chi connectivity index (χ4v) is 1.56. The van der Waals surface area contributed by atoms with Crippen molar-refractivity contribution in [2.24, 2.45) is 0 Å². The zero-order chi connectivity index (χ0) is 12.1. The third kappa shape index (κ3) is 2.88. The highest BCUT2D eigenvalue weighted by atomic mass is 16.5. The first-order valence-corrected chi connectivity index (χ1v) is 5.48. The van der Waals surface area contributed by atoms with Gasteiger partial charge in [0.25, 0.3) is 0 Å². The molecule has 0 saturated carbocycles. The monoisotopic (exact) mass is 225 g/mol. The first-order chi connectivity index (χ1) is 8.29. The Kier molecular flexibility index (Phi) is 3.46. The second-order valence-electron chi connectivity index (χ2n) is 3.78. The molecular formula is C15H15NO. The van der Waals surface area contributed by atoms with Crippen LogP contribution in [0.25, 0.3) is 6.08 Å². The highest BCUT2D eigenvalue weighted by molar-refractivity contribution is 5.61. The Morgan fingerprint density at radius 3 is 2.53 bits per heavy atom. The highest BCUT2D eigenvalue weighted by Crippen LogP contribution is 2.23. The van der Waals surface area contributed by atoms with Gasteiger partial charge in [0, 0.05) is 0 Å². The molecule has 2 rings (SSSR count). The maximum Gasteiger partial charge on any atom is 0.142 e. The van der Waals surface area contributed by atoms with E-state index in [9.17, 15) is 0 Å². The van der Waals surface area contributed by atoms with Gasteiger partial charge in [-0.3, -0.25) is 0 Å². The van der Waals surface area contributed by atoms with Gasteiger partial charge in [-0.1, -0.05) is 49.1 Å². The molecule has 0 aliphatic heterocycles. The molecule has 17 heavy (non-hydrogen) atoms. The van der Waals surface area contributed by atoms with E-state index in [2.05, 4.69) is 6.58 Å². The molecule has 0 radical (unpaired) electrons. The lowest BCUT2D eigenvalue weighted by Gasteiger charge is -2.09. The predicted molar refractivity (Wildman–Crippen MR) is 71.7 cm³/mol. The topological polar surface area (TPSA) is 35.2 Å². The standard InChI is InChI=1S/C15H15NO/c1-2-12-8-9-15(14(16)10-12)17-11-13-6-4-3-5-7-13/h2-10H,1,11,16H2. The van der Waals surface area contributed by atoms with E-state index in [1.165, 1.54) is 0 Å². The molecule has 0 aliphatic carbocycles. The summed E-state index contributed by atoms with van der Waals surface area (Å²) in [5.74, 6) is 0.708. The van der Waals surface area contributed by atoms with Crippen molar-refractivity contribution in [3.05, 3.63) is 66.2 Å². The Labute approximate surface area is 101 Å². The number of hydrogen-bond donors (Lipinski definition) is 1. The van der Waals surface area contributed by atoms with Gasteiger partial charge < -0.3 is 10.5 Å². The molecule has 0 spiro atoms. The number of anilines is 1. The number of hydrogen-bond acceptors (Lipinski definition) is 2. The van der Waals surface area contributed by atoms with Crippen LogP contribution in [-0.4, -0.2) is 0 Å². The molecule has 2 heteroatoms. The van der Waals surface area contributed by atoms with Crippen molar-refractivity contribution < 1.29 is 4.74 Å². The van der Waals surface area contributed by atoms with E-state index in [0.717, 1.165) is 11.1 Å². The Balaban J connectivity index is 2.07. The zero-order valence-electron chi connectivity index (χ0n) is 9.60. The number of ether oxygens (including phenoxy) is 1. The quantitative estimate of drug-likeness (QED) is 0.808. The van der Waals surface area contributed by atoms with Gasteiger partial charge in [-0.05, 0) is 23.3 Å². The molecule has 0 aromatic heterocycles. The Bertz CT molecular complexity index is 506. The lowest BCUT2D eigenvalue weighted by molar-refractivity contribution is 0.308. The van der Waals surface area contributed by atoms with E-state index >= 15 is 0 Å². The van der Waals surface area contributed by atoms with Crippen LogP contribution < -0.4 is 10.5 Å². The maximum atomic E-state index is 5.89. The van der Waals surface area contributed by atoms with Crippen LogP contribution in [0.1, 0.15) is 11.1 Å². The largest absolute Gasteiger partial charge is 0.487 e. The van der Waals surface area contributed by atoms with Crippen molar-refractivity contribution in [3.63, 3.8) is 0 Å². The minimum absolute atomic E-state index is 0.526. The van der Waals surface area contributed by atoms with Crippen LogP contribution in [0.4, 0.5) is 5.69 Å². The van der Waals surface area contributed by atoms with Crippen molar-refractivity contribution in [1.29, 1.82) is 0 Å². The van der Waals surface area contributed by atoms with E-state index in [-0.39, 0.29) is 0 Å². The molecule has 0 unspecified atom stereocenters. The molecule has 86 valence electrons. The van der Waals surface area contributed by atoms with Gasteiger partial charge in [-0.2, -0.15) is 0 Å². The summed E-state index contributed by atoms with van der Waals surface area (Å²) < 4.78 is 5.66. The van der Waals surface area contributed by atoms with E-state index < -0.39 is 0 Å². The van der Waals surface area contributed by atoms with Crippen LogP contribution >= 0.6 is 0 Å². The smallest absolute Gasteiger partial charge is 0.142 e. The molecule has 0 atom stereocenters. The molecule has 0 bridgehead atoms. The molecule has 2 aromatic carbocycles. The predicted octanol–water partition coefficient (Wildman–Crippen LogP) is 3.49. The average molecular weight is 225 g/mol. The first kappa shape index (κ1) is 11.3. The van der Waals surface area contributed by atoms with Crippen LogP contribution in [0.5, 0.6) is 5.75 Å². The summed E-state index contributed by atoms with van der Waals surface area (Å²) in [6, 6.07) is 15.7. The normalized spacial score (nSPS) is 9.88. The van der Waals surface area contributed by atoms with E-state index in [4.69, 9.17) is 10.5 Å². The summed E-state index contributed by atoms with van der Waals surface area (Å²) in [6.07, 6.45) is 1.76. The number of benzene rings is 2. The summed E-state index contributed by atoms with van der Waals surface area (Å²) in [6.45, 7) is 4.23. The maximum absolute atomic E-state index is 5.89. The van der Waals surface area contributed by atoms with Gasteiger partial charge in [0.1, 0.15) is 12.4 Å². The van der Waals surface area contributed by atoms with Gasteiger partial charge in [-0.25, -0.2) is 0 Å². The number of rotatable bonds is 4. The first-order valence-electron chi connectivity index (χ1n) is 5.48. The van der Waals surface area contributed by atoms with Crippen LogP contribution in [0.2, 0.25) is 0 Å². The summed E-state index contributed by atoms with van der Waals surface area (Å²) in [7, 11) is 0. The molecule has 2 aromatic rings. The molecular weight excluding hydrogens is 210 g/mol. The lowest BCUT2D eigenvalue weighted by Crippen LogP contribution is -1.98. The molecule has 2 nitrogen and oxygen atoms in total. The molecule has 0 saturated heterocycles. The Hall–Kier alpha value is -2.22. The van der Waals surface area contributed by atoms with Crippen molar-refractivity contribution >= 4 is 11.8 Å². The van der Waals surface area contributed by atoms with Gasteiger partial charge in [-0.15, -0.1) is 0 Å². The summed E-state index contributed by atoms with van der Waals surface area (Å²) >= 11 is 0. The number of nitrogen functional groups attached to an aromatic ring is 1. The van der Waals surface area contributed by atoms with E-state index in [1.54, 1.807) is 6.08 Å². The minimum Gasteiger partial charge on any atom is -0.487 e.